The molecule has 1 heterocycles. The number of hydrogen-bond acceptors (Lipinski definition) is 4. The van der Waals surface area contributed by atoms with Crippen LogP contribution < -0.4 is 5.32 Å². The van der Waals surface area contributed by atoms with Crippen LogP contribution in [-0.2, 0) is 17.8 Å². The minimum Gasteiger partial charge on any atom is -0.354 e. The first-order valence-electron chi connectivity index (χ1n) is 7.65. The molecular weight excluding hydrogens is 345 g/mol. The Labute approximate surface area is 148 Å². The largest absolute Gasteiger partial charge is 0.354 e. The highest BCUT2D eigenvalue weighted by Crippen LogP contribution is 2.16. The van der Waals surface area contributed by atoms with E-state index in [0.717, 1.165) is 11.1 Å². The van der Waals surface area contributed by atoms with Gasteiger partial charge in [-0.2, -0.15) is 4.80 Å². The van der Waals surface area contributed by atoms with Crippen LogP contribution in [0.15, 0.2) is 48.5 Å². The van der Waals surface area contributed by atoms with Gasteiger partial charge in [0.15, 0.2) is 0 Å². The molecule has 128 valence electrons. The molecule has 0 aliphatic carbocycles. The Balaban J connectivity index is 1.50. The smallest absolute Gasteiger partial charge is 0.243 e. The van der Waals surface area contributed by atoms with Crippen LogP contribution in [0.2, 0.25) is 5.02 Å². The molecule has 2 aromatic carbocycles. The molecular formula is C17H15ClFN5O. The number of halogens is 2. The van der Waals surface area contributed by atoms with Crippen LogP contribution in [0.25, 0.3) is 11.4 Å². The van der Waals surface area contributed by atoms with E-state index in [1.165, 1.54) is 16.9 Å². The number of rotatable bonds is 6. The summed E-state index contributed by atoms with van der Waals surface area (Å²) in [5.41, 5.74) is 1.59. The second-order valence-electron chi connectivity index (χ2n) is 5.38. The molecule has 1 aromatic heterocycles. The lowest BCUT2D eigenvalue weighted by atomic mass is 10.1. The van der Waals surface area contributed by atoms with E-state index in [4.69, 9.17) is 11.6 Å². The van der Waals surface area contributed by atoms with Crippen molar-refractivity contribution in [3.63, 3.8) is 0 Å². The predicted molar refractivity (Wildman–Crippen MR) is 91.4 cm³/mol. The number of carbonyl (C=O) groups excluding carboxylic acids is 1. The van der Waals surface area contributed by atoms with Crippen molar-refractivity contribution in [3.05, 3.63) is 64.9 Å². The third kappa shape index (κ3) is 4.84. The lowest BCUT2D eigenvalue weighted by Gasteiger charge is -2.04. The van der Waals surface area contributed by atoms with Gasteiger partial charge in [0, 0.05) is 17.1 Å². The van der Waals surface area contributed by atoms with Gasteiger partial charge in [0.05, 0.1) is 0 Å². The third-order valence-corrected chi connectivity index (χ3v) is 3.72. The molecule has 0 aliphatic heterocycles. The number of nitrogens with zero attached hydrogens (tertiary/aromatic N) is 4. The van der Waals surface area contributed by atoms with Crippen molar-refractivity contribution >= 4 is 17.5 Å². The molecule has 0 fully saturated rings. The molecule has 0 aliphatic rings. The molecule has 0 radical (unpaired) electrons. The highest BCUT2D eigenvalue weighted by molar-refractivity contribution is 6.30. The Bertz CT molecular complexity index is 865. The Morgan fingerprint density at radius 3 is 2.76 bits per heavy atom. The van der Waals surface area contributed by atoms with E-state index >= 15 is 0 Å². The van der Waals surface area contributed by atoms with Crippen molar-refractivity contribution in [1.82, 2.24) is 25.5 Å². The Morgan fingerprint density at radius 2 is 2.00 bits per heavy atom. The van der Waals surface area contributed by atoms with Gasteiger partial charge in [-0.25, -0.2) is 4.39 Å². The minimum absolute atomic E-state index is 0.0380. The maximum Gasteiger partial charge on any atom is 0.243 e. The molecule has 0 atom stereocenters. The molecule has 3 rings (SSSR count). The normalized spacial score (nSPS) is 10.6. The van der Waals surface area contributed by atoms with Crippen molar-refractivity contribution in [2.24, 2.45) is 0 Å². The fourth-order valence-electron chi connectivity index (χ4n) is 2.25. The molecule has 25 heavy (non-hydrogen) atoms. The van der Waals surface area contributed by atoms with Gasteiger partial charge < -0.3 is 5.32 Å². The number of amides is 1. The fraction of sp³-hybridized carbons (Fsp3) is 0.176. The lowest BCUT2D eigenvalue weighted by Crippen LogP contribution is -2.30. The first kappa shape index (κ1) is 17.0. The van der Waals surface area contributed by atoms with Crippen molar-refractivity contribution in [2.75, 3.05) is 6.54 Å². The summed E-state index contributed by atoms with van der Waals surface area (Å²) in [6, 6.07) is 13.3. The summed E-state index contributed by atoms with van der Waals surface area (Å²) < 4.78 is 13.1. The first-order valence-corrected chi connectivity index (χ1v) is 8.03. The standard InChI is InChI=1S/C17H15ClFN5O/c18-14-6-4-13(5-7-14)17-21-23-24(22-17)11-16(25)20-9-8-12-2-1-3-15(19)10-12/h1-7,10H,8-9,11H2,(H,20,25). The van der Waals surface area contributed by atoms with Gasteiger partial charge in [0.1, 0.15) is 12.4 Å². The van der Waals surface area contributed by atoms with Gasteiger partial charge in [-0.1, -0.05) is 23.7 Å². The van der Waals surface area contributed by atoms with Crippen LogP contribution >= 0.6 is 11.6 Å². The van der Waals surface area contributed by atoms with E-state index in [9.17, 15) is 9.18 Å². The average molecular weight is 360 g/mol. The highest BCUT2D eigenvalue weighted by atomic mass is 35.5. The van der Waals surface area contributed by atoms with Crippen molar-refractivity contribution < 1.29 is 9.18 Å². The van der Waals surface area contributed by atoms with E-state index in [0.29, 0.717) is 23.8 Å². The maximum atomic E-state index is 13.1. The SMILES string of the molecule is O=C(Cn1nnc(-c2ccc(Cl)cc2)n1)NCCc1cccc(F)c1. The maximum absolute atomic E-state index is 13.1. The van der Waals surface area contributed by atoms with Gasteiger partial charge in [0.2, 0.25) is 11.7 Å². The number of carbonyl (C=O) groups is 1. The zero-order valence-electron chi connectivity index (χ0n) is 13.2. The zero-order chi connectivity index (χ0) is 17.6. The van der Waals surface area contributed by atoms with Gasteiger partial charge in [-0.15, -0.1) is 10.2 Å². The van der Waals surface area contributed by atoms with Crippen molar-refractivity contribution in [3.8, 4) is 11.4 Å². The van der Waals surface area contributed by atoms with E-state index < -0.39 is 0 Å². The van der Waals surface area contributed by atoms with Crippen LogP contribution in [-0.4, -0.2) is 32.7 Å². The zero-order valence-corrected chi connectivity index (χ0v) is 13.9. The third-order valence-electron chi connectivity index (χ3n) is 3.47. The summed E-state index contributed by atoms with van der Waals surface area (Å²) in [5, 5.41) is 15.3. The van der Waals surface area contributed by atoms with Gasteiger partial charge in [0.25, 0.3) is 0 Å². The van der Waals surface area contributed by atoms with Crippen LogP contribution in [0.5, 0.6) is 0 Å². The van der Waals surface area contributed by atoms with Crippen molar-refractivity contribution in [1.29, 1.82) is 0 Å². The molecule has 8 heteroatoms. The summed E-state index contributed by atoms with van der Waals surface area (Å²) >= 11 is 5.84. The quantitative estimate of drug-likeness (QED) is 0.734. The summed E-state index contributed by atoms with van der Waals surface area (Å²) in [4.78, 5) is 13.2. The van der Waals surface area contributed by atoms with E-state index in [-0.39, 0.29) is 18.3 Å². The number of aromatic nitrogens is 4. The highest BCUT2D eigenvalue weighted by Gasteiger charge is 2.09. The number of tetrazole rings is 1. The Hall–Kier alpha value is -2.80. The monoisotopic (exact) mass is 359 g/mol. The van der Waals surface area contributed by atoms with Gasteiger partial charge >= 0.3 is 0 Å². The summed E-state index contributed by atoms with van der Waals surface area (Å²) in [5.74, 6) is -0.106. The van der Waals surface area contributed by atoms with Crippen LogP contribution in [0.4, 0.5) is 4.39 Å². The van der Waals surface area contributed by atoms with Crippen LogP contribution in [0.1, 0.15) is 5.56 Å². The minimum atomic E-state index is -0.287. The van der Waals surface area contributed by atoms with E-state index in [2.05, 4.69) is 20.7 Å². The summed E-state index contributed by atoms with van der Waals surface area (Å²) in [6.07, 6.45) is 0.546. The molecule has 0 bridgehead atoms. The van der Waals surface area contributed by atoms with Crippen LogP contribution in [0.3, 0.4) is 0 Å². The molecule has 6 nitrogen and oxygen atoms in total. The lowest BCUT2D eigenvalue weighted by molar-refractivity contribution is -0.122. The second-order valence-corrected chi connectivity index (χ2v) is 5.82. The predicted octanol–water partition coefficient (Wildman–Crippen LogP) is 2.49. The second kappa shape index (κ2) is 7.85. The number of hydrogen-bond donors (Lipinski definition) is 1. The number of benzene rings is 2. The van der Waals surface area contributed by atoms with E-state index in [1.807, 2.05) is 6.07 Å². The molecule has 0 spiro atoms. The number of nitrogens with one attached hydrogen (secondary N) is 1. The topological polar surface area (TPSA) is 72.7 Å². The molecule has 0 unspecified atom stereocenters. The molecule has 1 amide bonds. The summed E-state index contributed by atoms with van der Waals surface area (Å²) in [7, 11) is 0. The fourth-order valence-corrected chi connectivity index (χ4v) is 2.37. The van der Waals surface area contributed by atoms with E-state index in [1.54, 1.807) is 30.3 Å². The Kier molecular flexibility index (Phi) is 5.35. The van der Waals surface area contributed by atoms with Gasteiger partial charge in [-0.3, -0.25) is 4.79 Å². The molecule has 1 N–H and O–H groups in total. The molecule has 0 saturated heterocycles. The average Bonchev–Trinajstić information content (AvgIpc) is 3.04. The van der Waals surface area contributed by atoms with Gasteiger partial charge in [-0.05, 0) is 53.6 Å². The molecule has 3 aromatic rings. The molecule has 0 saturated carbocycles. The first-order chi connectivity index (χ1) is 12.1. The Morgan fingerprint density at radius 1 is 1.20 bits per heavy atom. The van der Waals surface area contributed by atoms with Crippen molar-refractivity contribution in [2.45, 2.75) is 13.0 Å². The summed E-state index contributed by atoms with van der Waals surface area (Å²) in [6.45, 7) is 0.366. The van der Waals surface area contributed by atoms with Crippen LogP contribution in [0, 0.1) is 5.82 Å².